The Kier molecular flexibility index (Phi) is 8.40. The van der Waals surface area contributed by atoms with Crippen molar-refractivity contribution in [3.63, 3.8) is 0 Å². The summed E-state index contributed by atoms with van der Waals surface area (Å²) in [6, 6.07) is 5.95. The van der Waals surface area contributed by atoms with Gasteiger partial charge in [-0.2, -0.15) is 4.98 Å². The molecule has 1 amide bonds. The molecule has 0 bridgehead atoms. The van der Waals surface area contributed by atoms with Crippen LogP contribution in [0.4, 0.5) is 5.82 Å². The number of methoxy groups -OCH3 is 2. The Bertz CT molecular complexity index is 1160. The SMILES string of the molecule is CCc1c(C)nc(-n2ccnc2)nc1N1CCCCC1CC(=O)NCCc1ccc(OC)c(OC)c1. The van der Waals surface area contributed by atoms with E-state index in [0.717, 1.165) is 61.3 Å². The van der Waals surface area contributed by atoms with E-state index in [4.69, 9.17) is 19.4 Å². The van der Waals surface area contributed by atoms with Crippen molar-refractivity contribution >= 4 is 11.7 Å². The number of carbonyl (C=O) groups excluding carboxylic acids is 1. The van der Waals surface area contributed by atoms with Gasteiger partial charge in [-0.3, -0.25) is 9.36 Å². The van der Waals surface area contributed by atoms with Crippen molar-refractivity contribution in [2.45, 2.75) is 58.4 Å². The van der Waals surface area contributed by atoms with Crippen LogP contribution >= 0.6 is 0 Å². The number of amides is 1. The van der Waals surface area contributed by atoms with Crippen LogP contribution in [0.2, 0.25) is 0 Å². The molecule has 2 aromatic heterocycles. The molecule has 0 spiro atoms. The summed E-state index contributed by atoms with van der Waals surface area (Å²) in [5.41, 5.74) is 3.19. The van der Waals surface area contributed by atoms with Crippen molar-refractivity contribution in [1.29, 1.82) is 0 Å². The minimum absolute atomic E-state index is 0.0611. The number of nitrogens with zero attached hydrogens (tertiary/aromatic N) is 5. The highest BCUT2D eigenvalue weighted by atomic mass is 16.5. The first-order valence-electron chi connectivity index (χ1n) is 12.6. The van der Waals surface area contributed by atoms with E-state index in [1.165, 1.54) is 0 Å². The van der Waals surface area contributed by atoms with E-state index in [2.05, 4.69) is 22.1 Å². The Balaban J connectivity index is 1.44. The number of rotatable bonds is 10. The highest BCUT2D eigenvalue weighted by Gasteiger charge is 2.28. The van der Waals surface area contributed by atoms with E-state index in [-0.39, 0.29) is 11.9 Å². The second kappa shape index (κ2) is 11.9. The monoisotopic (exact) mass is 492 g/mol. The maximum Gasteiger partial charge on any atom is 0.237 e. The molecule has 1 aromatic carbocycles. The van der Waals surface area contributed by atoms with Gasteiger partial charge < -0.3 is 19.7 Å². The van der Waals surface area contributed by atoms with Gasteiger partial charge in [0.05, 0.1) is 14.2 Å². The van der Waals surface area contributed by atoms with Crippen LogP contribution in [0.1, 0.15) is 49.4 Å². The highest BCUT2D eigenvalue weighted by molar-refractivity contribution is 5.77. The number of hydrogen-bond donors (Lipinski definition) is 1. The molecule has 1 aliphatic heterocycles. The molecule has 4 rings (SSSR count). The Morgan fingerprint density at radius 3 is 2.72 bits per heavy atom. The number of anilines is 1. The Morgan fingerprint density at radius 2 is 2.00 bits per heavy atom. The van der Waals surface area contributed by atoms with Crippen LogP contribution in [0.5, 0.6) is 11.5 Å². The molecule has 1 saturated heterocycles. The van der Waals surface area contributed by atoms with Crippen molar-refractivity contribution < 1.29 is 14.3 Å². The van der Waals surface area contributed by atoms with Gasteiger partial charge in [0.25, 0.3) is 0 Å². The molecule has 1 atom stereocenters. The molecular formula is C27H36N6O3. The molecule has 0 saturated carbocycles. The lowest BCUT2D eigenvalue weighted by atomic mass is 9.97. The summed E-state index contributed by atoms with van der Waals surface area (Å²) in [6.07, 6.45) is 10.5. The first kappa shape index (κ1) is 25.5. The maximum absolute atomic E-state index is 12.9. The van der Waals surface area contributed by atoms with Crippen molar-refractivity contribution in [2.24, 2.45) is 0 Å². The largest absolute Gasteiger partial charge is 0.493 e. The van der Waals surface area contributed by atoms with Crippen molar-refractivity contribution in [3.05, 3.63) is 53.7 Å². The van der Waals surface area contributed by atoms with Crippen LogP contribution < -0.4 is 19.7 Å². The molecule has 0 radical (unpaired) electrons. The van der Waals surface area contributed by atoms with Crippen LogP contribution in [0.3, 0.4) is 0 Å². The zero-order valence-electron chi connectivity index (χ0n) is 21.7. The van der Waals surface area contributed by atoms with Crippen molar-refractivity contribution in [3.8, 4) is 17.4 Å². The summed E-state index contributed by atoms with van der Waals surface area (Å²) in [6.45, 7) is 5.62. The minimum atomic E-state index is 0.0611. The van der Waals surface area contributed by atoms with Gasteiger partial charge in [-0.1, -0.05) is 13.0 Å². The molecule has 36 heavy (non-hydrogen) atoms. The zero-order valence-corrected chi connectivity index (χ0v) is 21.7. The summed E-state index contributed by atoms with van der Waals surface area (Å²) in [5, 5.41) is 3.11. The number of hydrogen-bond acceptors (Lipinski definition) is 7. The zero-order chi connectivity index (χ0) is 25.5. The van der Waals surface area contributed by atoms with Gasteiger partial charge in [0.15, 0.2) is 11.5 Å². The lowest BCUT2D eigenvalue weighted by Crippen LogP contribution is -2.44. The molecule has 1 aliphatic rings. The van der Waals surface area contributed by atoms with Crippen molar-refractivity contribution in [2.75, 3.05) is 32.2 Å². The van der Waals surface area contributed by atoms with Gasteiger partial charge in [-0.25, -0.2) is 9.97 Å². The van der Waals surface area contributed by atoms with Crippen LogP contribution in [0, 0.1) is 6.92 Å². The molecule has 1 unspecified atom stereocenters. The van der Waals surface area contributed by atoms with Gasteiger partial charge in [0, 0.05) is 49.2 Å². The van der Waals surface area contributed by atoms with Crippen LogP contribution in [0.15, 0.2) is 36.9 Å². The standard InChI is InChI=1S/C27H36N6O3/c1-5-22-19(2)30-27(32-15-13-28-18-32)31-26(22)33-14-7-6-8-21(33)17-25(34)29-12-11-20-9-10-23(35-3)24(16-20)36-4/h9-10,13,15-16,18,21H,5-8,11-12,14,17H2,1-4H3,(H,29,34). The summed E-state index contributed by atoms with van der Waals surface area (Å²) in [7, 11) is 3.25. The number of imidazole rings is 1. The predicted molar refractivity (Wildman–Crippen MR) is 139 cm³/mol. The molecule has 192 valence electrons. The molecule has 9 heteroatoms. The quantitative estimate of drug-likeness (QED) is 0.462. The lowest BCUT2D eigenvalue weighted by molar-refractivity contribution is -0.121. The average molecular weight is 493 g/mol. The third kappa shape index (κ3) is 5.78. The normalized spacial score (nSPS) is 15.6. The smallest absolute Gasteiger partial charge is 0.237 e. The molecule has 1 N–H and O–H groups in total. The maximum atomic E-state index is 12.9. The van der Waals surface area contributed by atoms with E-state index in [1.54, 1.807) is 26.7 Å². The third-order valence-corrected chi connectivity index (χ3v) is 6.77. The first-order valence-corrected chi connectivity index (χ1v) is 12.6. The molecule has 3 heterocycles. The molecule has 9 nitrogen and oxygen atoms in total. The fourth-order valence-electron chi connectivity index (χ4n) is 4.87. The molecule has 0 aliphatic carbocycles. The Morgan fingerprint density at radius 1 is 1.17 bits per heavy atom. The summed E-state index contributed by atoms with van der Waals surface area (Å²) in [5.74, 6) is 3.01. The van der Waals surface area contributed by atoms with E-state index >= 15 is 0 Å². The van der Waals surface area contributed by atoms with Gasteiger partial charge in [0.1, 0.15) is 12.1 Å². The van der Waals surface area contributed by atoms with Gasteiger partial charge >= 0.3 is 0 Å². The van der Waals surface area contributed by atoms with Crippen LogP contribution in [0.25, 0.3) is 5.95 Å². The lowest BCUT2D eigenvalue weighted by Gasteiger charge is -2.37. The Hall–Kier alpha value is -3.62. The molecule has 3 aromatic rings. The fourth-order valence-corrected chi connectivity index (χ4v) is 4.87. The summed E-state index contributed by atoms with van der Waals surface area (Å²) in [4.78, 5) is 29.1. The van der Waals surface area contributed by atoms with Crippen LogP contribution in [-0.2, 0) is 17.6 Å². The number of carbonyl (C=O) groups is 1. The number of aromatic nitrogens is 4. The second-order valence-electron chi connectivity index (χ2n) is 9.07. The van der Waals surface area contributed by atoms with Gasteiger partial charge in [-0.15, -0.1) is 0 Å². The summed E-state index contributed by atoms with van der Waals surface area (Å²) >= 11 is 0. The van der Waals surface area contributed by atoms with Crippen molar-refractivity contribution in [1.82, 2.24) is 24.8 Å². The number of benzene rings is 1. The number of piperidine rings is 1. The number of aryl methyl sites for hydroxylation is 1. The Labute approximate surface area is 212 Å². The fraction of sp³-hybridized carbons (Fsp3) is 0.481. The van der Waals surface area contributed by atoms with E-state index in [9.17, 15) is 4.79 Å². The average Bonchev–Trinajstić information content (AvgIpc) is 3.43. The molecule has 1 fully saturated rings. The van der Waals surface area contributed by atoms with E-state index < -0.39 is 0 Å². The number of ether oxygens (including phenoxy) is 2. The van der Waals surface area contributed by atoms with E-state index in [1.807, 2.05) is 35.9 Å². The number of nitrogens with one attached hydrogen (secondary N) is 1. The summed E-state index contributed by atoms with van der Waals surface area (Å²) < 4.78 is 12.5. The van der Waals surface area contributed by atoms with Crippen LogP contribution in [-0.4, -0.2) is 58.8 Å². The van der Waals surface area contributed by atoms with E-state index in [0.29, 0.717) is 30.4 Å². The third-order valence-electron chi connectivity index (χ3n) is 6.77. The van der Waals surface area contributed by atoms with Gasteiger partial charge in [-0.05, 0) is 56.7 Å². The minimum Gasteiger partial charge on any atom is -0.493 e. The second-order valence-corrected chi connectivity index (χ2v) is 9.07. The first-order chi connectivity index (χ1) is 17.5. The van der Waals surface area contributed by atoms with Gasteiger partial charge in [0.2, 0.25) is 11.9 Å². The molecular weight excluding hydrogens is 456 g/mol. The predicted octanol–water partition coefficient (Wildman–Crippen LogP) is 3.66. The highest BCUT2D eigenvalue weighted by Crippen LogP contribution is 2.30. The topological polar surface area (TPSA) is 94.4 Å².